The molecule has 0 radical (unpaired) electrons. The first-order valence-electron chi connectivity index (χ1n) is 6.02. The van der Waals surface area contributed by atoms with Gasteiger partial charge in [-0.2, -0.15) is 0 Å². The van der Waals surface area contributed by atoms with Gasteiger partial charge in [0.15, 0.2) is 0 Å². The number of nitrogens with one attached hydrogen (secondary N) is 1. The minimum absolute atomic E-state index is 0.306. The van der Waals surface area contributed by atoms with Crippen LogP contribution in [0.5, 0.6) is 0 Å². The molecule has 0 amide bonds. The van der Waals surface area contributed by atoms with E-state index in [1.807, 2.05) is 0 Å². The average Bonchev–Trinajstić information content (AvgIpc) is 2.22. The van der Waals surface area contributed by atoms with E-state index in [1.165, 1.54) is 32.1 Å². The van der Waals surface area contributed by atoms with Gasteiger partial charge >= 0.3 is 0 Å². The third-order valence-electron chi connectivity index (χ3n) is 2.88. The molecule has 1 heteroatoms. The molecule has 0 heterocycles. The van der Waals surface area contributed by atoms with Gasteiger partial charge in [0.1, 0.15) is 0 Å². The lowest BCUT2D eigenvalue weighted by Crippen LogP contribution is -2.39. The second kappa shape index (κ2) is 8.05. The predicted molar refractivity (Wildman–Crippen MR) is 65.7 cm³/mol. The van der Waals surface area contributed by atoms with Crippen LogP contribution in [0.4, 0.5) is 0 Å². The molecule has 84 valence electrons. The molecule has 0 aromatic rings. The van der Waals surface area contributed by atoms with Crippen molar-refractivity contribution >= 4 is 0 Å². The normalized spacial score (nSPS) is 16.0. The van der Waals surface area contributed by atoms with E-state index in [1.54, 1.807) is 0 Å². The molecule has 0 saturated carbocycles. The molecule has 14 heavy (non-hydrogen) atoms. The van der Waals surface area contributed by atoms with Gasteiger partial charge in [-0.3, -0.25) is 0 Å². The highest BCUT2D eigenvalue weighted by molar-refractivity contribution is 4.93. The molecule has 0 aliphatic rings. The first kappa shape index (κ1) is 13.7. The van der Waals surface area contributed by atoms with Gasteiger partial charge in [-0.15, -0.1) is 0 Å². The SMILES string of the molecule is CCC/C=C\CC(C)(CCCC)NC. The molecule has 1 unspecified atom stereocenters. The third-order valence-corrected chi connectivity index (χ3v) is 2.88. The van der Waals surface area contributed by atoms with E-state index in [0.717, 1.165) is 6.42 Å². The van der Waals surface area contributed by atoms with Crippen molar-refractivity contribution in [3.05, 3.63) is 12.2 Å². The maximum absolute atomic E-state index is 3.44. The summed E-state index contributed by atoms with van der Waals surface area (Å²) in [6.45, 7) is 6.79. The molecule has 1 nitrogen and oxygen atoms in total. The van der Waals surface area contributed by atoms with Crippen molar-refractivity contribution in [2.24, 2.45) is 0 Å². The molecule has 1 N–H and O–H groups in total. The van der Waals surface area contributed by atoms with Crippen LogP contribution < -0.4 is 5.32 Å². The Kier molecular flexibility index (Phi) is 7.87. The Bertz CT molecular complexity index is 151. The highest BCUT2D eigenvalue weighted by Gasteiger charge is 2.18. The Labute approximate surface area is 90.0 Å². The van der Waals surface area contributed by atoms with Crippen LogP contribution in [0.2, 0.25) is 0 Å². The lowest BCUT2D eigenvalue weighted by atomic mass is 9.91. The van der Waals surface area contributed by atoms with Crippen LogP contribution in [0.1, 0.15) is 59.3 Å². The summed E-state index contributed by atoms with van der Waals surface area (Å²) in [5.74, 6) is 0. The Morgan fingerprint density at radius 2 is 1.86 bits per heavy atom. The average molecular weight is 197 g/mol. The zero-order valence-electron chi connectivity index (χ0n) is 10.4. The van der Waals surface area contributed by atoms with Crippen molar-refractivity contribution in [2.75, 3.05) is 7.05 Å². The Morgan fingerprint density at radius 3 is 2.36 bits per heavy atom. The molecule has 0 rings (SSSR count). The van der Waals surface area contributed by atoms with Crippen molar-refractivity contribution in [1.82, 2.24) is 5.32 Å². The fraction of sp³-hybridized carbons (Fsp3) is 0.846. The lowest BCUT2D eigenvalue weighted by Gasteiger charge is -2.28. The minimum Gasteiger partial charge on any atom is -0.314 e. The Balaban J connectivity index is 3.85. The maximum atomic E-state index is 3.44. The highest BCUT2D eigenvalue weighted by atomic mass is 14.9. The van der Waals surface area contributed by atoms with Gasteiger partial charge in [0, 0.05) is 5.54 Å². The fourth-order valence-corrected chi connectivity index (χ4v) is 1.52. The van der Waals surface area contributed by atoms with Crippen LogP contribution in [0.15, 0.2) is 12.2 Å². The molecular formula is C13H27N. The summed E-state index contributed by atoms with van der Waals surface area (Å²) in [7, 11) is 2.07. The Morgan fingerprint density at radius 1 is 1.14 bits per heavy atom. The van der Waals surface area contributed by atoms with Gasteiger partial charge in [0.2, 0.25) is 0 Å². The van der Waals surface area contributed by atoms with Crippen LogP contribution in [0, 0.1) is 0 Å². The second-order valence-corrected chi connectivity index (χ2v) is 4.38. The molecule has 0 fully saturated rings. The number of hydrogen-bond acceptors (Lipinski definition) is 1. The molecule has 0 saturated heterocycles. The minimum atomic E-state index is 0.306. The summed E-state index contributed by atoms with van der Waals surface area (Å²) in [5.41, 5.74) is 0.306. The smallest absolute Gasteiger partial charge is 0.0184 e. The number of allylic oxidation sites excluding steroid dienone is 1. The molecule has 0 aromatic heterocycles. The van der Waals surface area contributed by atoms with E-state index in [0.29, 0.717) is 5.54 Å². The molecule has 0 aliphatic heterocycles. The van der Waals surface area contributed by atoms with Crippen LogP contribution in [-0.2, 0) is 0 Å². The van der Waals surface area contributed by atoms with Crippen molar-refractivity contribution in [1.29, 1.82) is 0 Å². The highest BCUT2D eigenvalue weighted by Crippen LogP contribution is 2.18. The maximum Gasteiger partial charge on any atom is 0.0184 e. The van der Waals surface area contributed by atoms with E-state index in [-0.39, 0.29) is 0 Å². The summed E-state index contributed by atoms with van der Waals surface area (Å²) in [6.07, 6.45) is 12.1. The monoisotopic (exact) mass is 197 g/mol. The summed E-state index contributed by atoms with van der Waals surface area (Å²) in [5, 5.41) is 3.44. The second-order valence-electron chi connectivity index (χ2n) is 4.38. The summed E-state index contributed by atoms with van der Waals surface area (Å²) < 4.78 is 0. The summed E-state index contributed by atoms with van der Waals surface area (Å²) in [6, 6.07) is 0. The van der Waals surface area contributed by atoms with Gasteiger partial charge in [-0.25, -0.2) is 0 Å². The fourth-order valence-electron chi connectivity index (χ4n) is 1.52. The van der Waals surface area contributed by atoms with Gasteiger partial charge in [0.25, 0.3) is 0 Å². The topological polar surface area (TPSA) is 12.0 Å². The van der Waals surface area contributed by atoms with Gasteiger partial charge < -0.3 is 5.32 Å². The van der Waals surface area contributed by atoms with E-state index in [2.05, 4.69) is 45.3 Å². The van der Waals surface area contributed by atoms with E-state index < -0.39 is 0 Å². The molecule has 0 aromatic carbocycles. The standard InChI is InChI=1S/C13H27N/c1-5-7-9-10-12-13(3,14-4)11-8-6-2/h9-10,14H,5-8,11-12H2,1-4H3/b10-9-. The van der Waals surface area contributed by atoms with Gasteiger partial charge in [0.05, 0.1) is 0 Å². The van der Waals surface area contributed by atoms with Crippen LogP contribution >= 0.6 is 0 Å². The van der Waals surface area contributed by atoms with Crippen molar-refractivity contribution in [2.45, 2.75) is 64.8 Å². The van der Waals surface area contributed by atoms with Crippen molar-refractivity contribution in [3.63, 3.8) is 0 Å². The quantitative estimate of drug-likeness (QED) is 0.582. The number of rotatable bonds is 8. The van der Waals surface area contributed by atoms with Crippen molar-refractivity contribution < 1.29 is 0 Å². The first-order valence-corrected chi connectivity index (χ1v) is 6.02. The van der Waals surface area contributed by atoms with Crippen LogP contribution in [0.25, 0.3) is 0 Å². The summed E-state index contributed by atoms with van der Waals surface area (Å²) in [4.78, 5) is 0. The summed E-state index contributed by atoms with van der Waals surface area (Å²) >= 11 is 0. The van der Waals surface area contributed by atoms with E-state index in [9.17, 15) is 0 Å². The zero-order valence-corrected chi connectivity index (χ0v) is 10.4. The van der Waals surface area contributed by atoms with Gasteiger partial charge in [-0.1, -0.05) is 45.3 Å². The molecule has 0 aliphatic carbocycles. The molecule has 1 atom stereocenters. The van der Waals surface area contributed by atoms with Gasteiger partial charge in [-0.05, 0) is 33.2 Å². The largest absolute Gasteiger partial charge is 0.314 e. The Hall–Kier alpha value is -0.300. The molecule has 0 bridgehead atoms. The van der Waals surface area contributed by atoms with E-state index in [4.69, 9.17) is 0 Å². The van der Waals surface area contributed by atoms with Crippen LogP contribution in [-0.4, -0.2) is 12.6 Å². The predicted octanol–water partition coefficient (Wildman–Crippen LogP) is 3.90. The first-order chi connectivity index (χ1) is 6.68. The zero-order chi connectivity index (χ0) is 10.9. The van der Waals surface area contributed by atoms with Crippen LogP contribution in [0.3, 0.4) is 0 Å². The lowest BCUT2D eigenvalue weighted by molar-refractivity contribution is 0.349. The van der Waals surface area contributed by atoms with E-state index >= 15 is 0 Å². The number of unbranched alkanes of at least 4 members (excludes halogenated alkanes) is 2. The molecular weight excluding hydrogens is 170 g/mol. The van der Waals surface area contributed by atoms with Crippen molar-refractivity contribution in [3.8, 4) is 0 Å². The molecule has 0 spiro atoms. The third kappa shape index (κ3) is 6.20. The number of hydrogen-bond donors (Lipinski definition) is 1.